The minimum absolute atomic E-state index is 0.247. The molecule has 0 amide bonds. The molecular weight excluding hydrogens is 206 g/mol. The molecule has 0 aliphatic carbocycles. The molecule has 2 heterocycles. The molecule has 0 bridgehead atoms. The molecule has 1 saturated heterocycles. The Bertz CT molecular complexity index is 308. The van der Waals surface area contributed by atoms with Crippen molar-refractivity contribution in [2.24, 2.45) is 0 Å². The maximum atomic E-state index is 4.13. The first-order valence-electron chi connectivity index (χ1n) is 5.44. The second-order valence-corrected chi connectivity index (χ2v) is 5.91. The van der Waals surface area contributed by atoms with Crippen LogP contribution in [-0.2, 0) is 6.54 Å². The summed E-state index contributed by atoms with van der Waals surface area (Å²) >= 11 is 1.75. The number of nitrogens with one attached hydrogen (secondary N) is 1. The summed E-state index contributed by atoms with van der Waals surface area (Å²) in [5.74, 6) is 0. The molecule has 4 heteroatoms. The van der Waals surface area contributed by atoms with Gasteiger partial charge in [0, 0.05) is 42.3 Å². The smallest absolute Gasteiger partial charge is 0.0794 e. The summed E-state index contributed by atoms with van der Waals surface area (Å²) in [5, 5.41) is 3.53. The first kappa shape index (κ1) is 11.0. The van der Waals surface area contributed by atoms with Crippen molar-refractivity contribution in [1.82, 2.24) is 15.2 Å². The Hall–Kier alpha value is -0.450. The normalized spacial score (nSPS) is 26.7. The fourth-order valence-electron chi connectivity index (χ4n) is 1.96. The first-order chi connectivity index (χ1) is 7.08. The molecule has 3 nitrogen and oxygen atoms in total. The van der Waals surface area contributed by atoms with Crippen molar-refractivity contribution in [3.63, 3.8) is 0 Å². The average Bonchev–Trinajstić information content (AvgIpc) is 2.65. The zero-order chi connectivity index (χ0) is 10.9. The molecule has 1 aromatic rings. The highest BCUT2D eigenvalue weighted by atomic mass is 32.1. The molecule has 0 radical (unpaired) electrons. The van der Waals surface area contributed by atoms with Crippen molar-refractivity contribution >= 4 is 11.3 Å². The second-order valence-electron chi connectivity index (χ2n) is 4.94. The highest BCUT2D eigenvalue weighted by Gasteiger charge is 2.32. The second kappa shape index (κ2) is 4.20. The zero-order valence-electron chi connectivity index (χ0n) is 9.66. The fourth-order valence-corrected chi connectivity index (χ4v) is 2.57. The molecule has 15 heavy (non-hydrogen) atoms. The van der Waals surface area contributed by atoms with Crippen LogP contribution >= 0.6 is 11.3 Å². The van der Waals surface area contributed by atoms with Gasteiger partial charge in [0.25, 0.3) is 0 Å². The summed E-state index contributed by atoms with van der Waals surface area (Å²) in [4.78, 5) is 8.03. The Morgan fingerprint density at radius 3 is 3.13 bits per heavy atom. The third kappa shape index (κ3) is 2.56. The molecule has 1 atom stereocenters. The van der Waals surface area contributed by atoms with Crippen LogP contribution in [0.2, 0.25) is 0 Å². The molecule has 2 rings (SSSR count). The van der Waals surface area contributed by atoms with Crippen molar-refractivity contribution in [2.45, 2.75) is 38.9 Å². The lowest BCUT2D eigenvalue weighted by atomic mass is 9.98. The number of nitrogens with zero attached hydrogens (tertiary/aromatic N) is 2. The molecule has 1 aromatic heterocycles. The lowest BCUT2D eigenvalue weighted by Gasteiger charge is -2.45. The molecule has 1 unspecified atom stereocenters. The van der Waals surface area contributed by atoms with E-state index in [0.717, 1.165) is 19.6 Å². The standard InChI is InChI=1S/C11H19N3S/c1-9-5-14(11(2,3)7-13-9)6-10-4-12-8-15-10/h4,8-9,13H,5-7H2,1-3H3. The van der Waals surface area contributed by atoms with Gasteiger partial charge in [0.05, 0.1) is 5.51 Å². The van der Waals surface area contributed by atoms with E-state index in [2.05, 4.69) is 36.0 Å². The lowest BCUT2D eigenvalue weighted by molar-refractivity contribution is 0.0636. The summed E-state index contributed by atoms with van der Waals surface area (Å²) in [6, 6.07) is 0.589. The van der Waals surface area contributed by atoms with Gasteiger partial charge in [-0.1, -0.05) is 0 Å². The van der Waals surface area contributed by atoms with Crippen LogP contribution in [0, 0.1) is 0 Å². The van der Waals surface area contributed by atoms with Gasteiger partial charge in [-0.3, -0.25) is 9.88 Å². The van der Waals surface area contributed by atoms with Gasteiger partial charge in [-0.25, -0.2) is 0 Å². The molecule has 1 fully saturated rings. The predicted octanol–water partition coefficient (Wildman–Crippen LogP) is 1.72. The SMILES string of the molecule is CC1CN(Cc2cncs2)C(C)(C)CN1. The van der Waals surface area contributed by atoms with E-state index in [9.17, 15) is 0 Å². The quantitative estimate of drug-likeness (QED) is 0.830. The Kier molecular flexibility index (Phi) is 3.09. The molecule has 0 aromatic carbocycles. The van der Waals surface area contributed by atoms with Gasteiger partial charge in [0.15, 0.2) is 0 Å². The van der Waals surface area contributed by atoms with Gasteiger partial charge in [-0.05, 0) is 20.8 Å². The number of rotatable bonds is 2. The van der Waals surface area contributed by atoms with Gasteiger partial charge < -0.3 is 5.32 Å². The molecule has 0 saturated carbocycles. The molecule has 1 aliphatic rings. The monoisotopic (exact) mass is 225 g/mol. The van der Waals surface area contributed by atoms with E-state index in [0.29, 0.717) is 6.04 Å². The number of piperazine rings is 1. The molecule has 0 spiro atoms. The van der Waals surface area contributed by atoms with Gasteiger partial charge in [0.2, 0.25) is 0 Å². The van der Waals surface area contributed by atoms with Crippen LogP contribution in [0.3, 0.4) is 0 Å². The average molecular weight is 225 g/mol. The zero-order valence-corrected chi connectivity index (χ0v) is 10.5. The number of hydrogen-bond donors (Lipinski definition) is 1. The van der Waals surface area contributed by atoms with Crippen molar-refractivity contribution in [3.8, 4) is 0 Å². The van der Waals surface area contributed by atoms with E-state index in [1.807, 2.05) is 11.7 Å². The topological polar surface area (TPSA) is 28.2 Å². The highest BCUT2D eigenvalue weighted by molar-refractivity contribution is 7.09. The van der Waals surface area contributed by atoms with Crippen LogP contribution < -0.4 is 5.32 Å². The van der Waals surface area contributed by atoms with E-state index in [1.54, 1.807) is 11.3 Å². The van der Waals surface area contributed by atoms with Crippen molar-refractivity contribution < 1.29 is 0 Å². The Morgan fingerprint density at radius 2 is 2.47 bits per heavy atom. The fraction of sp³-hybridized carbons (Fsp3) is 0.727. The predicted molar refractivity (Wildman–Crippen MR) is 64.1 cm³/mol. The highest BCUT2D eigenvalue weighted by Crippen LogP contribution is 2.22. The minimum atomic E-state index is 0.247. The summed E-state index contributed by atoms with van der Waals surface area (Å²) < 4.78 is 0. The third-order valence-electron chi connectivity index (χ3n) is 3.06. The maximum absolute atomic E-state index is 4.13. The van der Waals surface area contributed by atoms with Crippen molar-refractivity contribution in [2.75, 3.05) is 13.1 Å². The number of hydrogen-bond acceptors (Lipinski definition) is 4. The summed E-state index contributed by atoms with van der Waals surface area (Å²) in [5.41, 5.74) is 2.16. The largest absolute Gasteiger partial charge is 0.311 e. The van der Waals surface area contributed by atoms with Crippen LogP contribution in [0.25, 0.3) is 0 Å². The molecule has 1 aliphatic heterocycles. The maximum Gasteiger partial charge on any atom is 0.0794 e. The Morgan fingerprint density at radius 1 is 1.67 bits per heavy atom. The summed E-state index contributed by atoms with van der Waals surface area (Å²) in [7, 11) is 0. The first-order valence-corrected chi connectivity index (χ1v) is 6.32. The number of aromatic nitrogens is 1. The van der Waals surface area contributed by atoms with Crippen molar-refractivity contribution in [1.29, 1.82) is 0 Å². The van der Waals surface area contributed by atoms with Crippen LogP contribution in [-0.4, -0.2) is 34.6 Å². The minimum Gasteiger partial charge on any atom is -0.311 e. The molecule has 1 N–H and O–H groups in total. The van der Waals surface area contributed by atoms with E-state index in [-0.39, 0.29) is 5.54 Å². The Balaban J connectivity index is 2.05. The van der Waals surface area contributed by atoms with E-state index < -0.39 is 0 Å². The lowest BCUT2D eigenvalue weighted by Crippen LogP contribution is -2.60. The number of thiazole rings is 1. The van der Waals surface area contributed by atoms with Crippen LogP contribution in [0.5, 0.6) is 0 Å². The Labute approximate surface area is 95.5 Å². The van der Waals surface area contributed by atoms with Crippen molar-refractivity contribution in [3.05, 3.63) is 16.6 Å². The van der Waals surface area contributed by atoms with E-state index in [4.69, 9.17) is 0 Å². The third-order valence-corrected chi connectivity index (χ3v) is 3.83. The van der Waals surface area contributed by atoms with E-state index in [1.165, 1.54) is 4.88 Å². The van der Waals surface area contributed by atoms with Gasteiger partial charge in [-0.15, -0.1) is 11.3 Å². The van der Waals surface area contributed by atoms with Crippen LogP contribution in [0.4, 0.5) is 0 Å². The molecular formula is C11H19N3S. The van der Waals surface area contributed by atoms with Gasteiger partial charge >= 0.3 is 0 Å². The van der Waals surface area contributed by atoms with Gasteiger partial charge in [-0.2, -0.15) is 0 Å². The van der Waals surface area contributed by atoms with Crippen LogP contribution in [0.15, 0.2) is 11.7 Å². The summed E-state index contributed by atoms with van der Waals surface area (Å²) in [6.45, 7) is 10.1. The van der Waals surface area contributed by atoms with E-state index >= 15 is 0 Å². The summed E-state index contributed by atoms with van der Waals surface area (Å²) in [6.07, 6.45) is 1.98. The van der Waals surface area contributed by atoms with Crippen LogP contribution in [0.1, 0.15) is 25.6 Å². The van der Waals surface area contributed by atoms with Gasteiger partial charge in [0.1, 0.15) is 0 Å². The molecule has 84 valence electrons.